The highest BCUT2D eigenvalue weighted by Gasteiger charge is 2.18. The lowest BCUT2D eigenvalue weighted by atomic mass is 9.86. The molecule has 0 fully saturated rings. The third-order valence-corrected chi connectivity index (χ3v) is 4.24. The second kappa shape index (κ2) is 10.0. The van der Waals surface area contributed by atoms with Gasteiger partial charge in [-0.1, -0.05) is 62.9 Å². The fraction of sp³-hybridized carbons (Fsp3) is 0.333. The van der Waals surface area contributed by atoms with Crippen LogP contribution in [0.2, 0.25) is 0 Å². The van der Waals surface area contributed by atoms with E-state index >= 15 is 0 Å². The van der Waals surface area contributed by atoms with Crippen molar-refractivity contribution in [1.82, 2.24) is 0 Å². The zero-order chi connectivity index (χ0) is 17.9. The Bertz CT molecular complexity index is 742. The highest BCUT2D eigenvalue weighted by atomic mass is 16.5. The van der Waals surface area contributed by atoms with E-state index in [4.69, 9.17) is 20.0 Å². The van der Waals surface area contributed by atoms with E-state index < -0.39 is 0 Å². The summed E-state index contributed by atoms with van der Waals surface area (Å²) < 4.78 is 10.0. The molecule has 0 bridgehead atoms. The summed E-state index contributed by atoms with van der Waals surface area (Å²) in [7, 11) is 0. The zero-order valence-electron chi connectivity index (χ0n) is 14.4. The number of rotatable bonds is 9. The molecule has 128 valence electrons. The first kappa shape index (κ1) is 18.4. The van der Waals surface area contributed by atoms with Crippen LogP contribution in [0.15, 0.2) is 48.5 Å². The fourth-order valence-electron chi connectivity index (χ4n) is 3.01. The molecule has 0 heterocycles. The maximum absolute atomic E-state index is 8.92. The van der Waals surface area contributed by atoms with E-state index in [9.17, 15) is 0 Å². The molecule has 0 N–H and O–H groups in total. The first-order chi connectivity index (χ1) is 12.3. The highest BCUT2D eigenvalue weighted by Crippen LogP contribution is 2.36. The molecule has 4 nitrogen and oxygen atoms in total. The maximum atomic E-state index is 8.92. The second-order valence-electron chi connectivity index (χ2n) is 5.90. The number of benzene rings is 2. The molecule has 0 radical (unpaired) electrons. The maximum Gasteiger partial charge on any atom is 0.292 e. The number of hydrogen-bond acceptors (Lipinski definition) is 4. The Morgan fingerprint density at radius 2 is 1.60 bits per heavy atom. The van der Waals surface area contributed by atoms with Gasteiger partial charge in [0.05, 0.1) is 0 Å². The van der Waals surface area contributed by atoms with Gasteiger partial charge in [0, 0.05) is 11.5 Å². The van der Waals surface area contributed by atoms with Crippen molar-refractivity contribution in [3.63, 3.8) is 0 Å². The Morgan fingerprint density at radius 1 is 0.880 bits per heavy atom. The van der Waals surface area contributed by atoms with Crippen molar-refractivity contribution in [3.8, 4) is 24.0 Å². The lowest BCUT2D eigenvalue weighted by Crippen LogP contribution is -2.04. The summed E-state index contributed by atoms with van der Waals surface area (Å²) >= 11 is 0. The highest BCUT2D eigenvalue weighted by molar-refractivity contribution is 5.43. The minimum Gasteiger partial charge on any atom is -0.388 e. The molecule has 2 aromatic carbocycles. The number of ether oxygens (including phenoxy) is 2. The van der Waals surface area contributed by atoms with Gasteiger partial charge in [-0.2, -0.15) is 0 Å². The summed E-state index contributed by atoms with van der Waals surface area (Å²) in [6.07, 6.45) is 9.14. The smallest absolute Gasteiger partial charge is 0.292 e. The van der Waals surface area contributed by atoms with Gasteiger partial charge in [0.2, 0.25) is 0 Å². The molecule has 1 unspecified atom stereocenters. The van der Waals surface area contributed by atoms with Crippen LogP contribution < -0.4 is 9.47 Å². The normalized spacial score (nSPS) is 11.2. The van der Waals surface area contributed by atoms with E-state index in [2.05, 4.69) is 6.92 Å². The molecule has 0 amide bonds. The van der Waals surface area contributed by atoms with Crippen LogP contribution in [-0.2, 0) is 0 Å². The zero-order valence-corrected chi connectivity index (χ0v) is 14.4. The van der Waals surface area contributed by atoms with Crippen molar-refractivity contribution < 1.29 is 9.47 Å². The average Bonchev–Trinajstić information content (AvgIpc) is 2.64. The predicted octanol–water partition coefficient (Wildman–Crippen LogP) is 5.51. The van der Waals surface area contributed by atoms with Gasteiger partial charge in [-0.15, -0.1) is 10.5 Å². The van der Waals surface area contributed by atoms with Gasteiger partial charge >= 0.3 is 0 Å². The quantitative estimate of drug-likeness (QED) is 0.448. The van der Waals surface area contributed by atoms with Crippen molar-refractivity contribution in [2.75, 3.05) is 0 Å². The van der Waals surface area contributed by atoms with Gasteiger partial charge in [0.25, 0.3) is 12.5 Å². The van der Waals surface area contributed by atoms with Crippen LogP contribution in [0, 0.1) is 23.0 Å². The molecule has 0 aliphatic rings. The molecule has 4 heteroatoms. The summed E-state index contributed by atoms with van der Waals surface area (Å²) in [5.41, 5.74) is 2.13. The molecule has 0 saturated carbocycles. The predicted molar refractivity (Wildman–Crippen MR) is 96.0 cm³/mol. The summed E-state index contributed by atoms with van der Waals surface area (Å²) in [4.78, 5) is 0. The van der Waals surface area contributed by atoms with Gasteiger partial charge in [-0.3, -0.25) is 0 Å². The Hall–Kier alpha value is -2.98. The van der Waals surface area contributed by atoms with Crippen LogP contribution in [0.5, 0.6) is 11.5 Å². The van der Waals surface area contributed by atoms with Crippen molar-refractivity contribution in [2.24, 2.45) is 0 Å². The first-order valence-corrected chi connectivity index (χ1v) is 8.61. The van der Waals surface area contributed by atoms with E-state index in [1.54, 1.807) is 24.6 Å². The van der Waals surface area contributed by atoms with Gasteiger partial charge in [-0.25, -0.2) is 0 Å². The molecule has 0 aliphatic carbocycles. The number of hydrogen-bond donors (Lipinski definition) is 0. The minimum atomic E-state index is 0.137. The molecule has 0 aliphatic heterocycles. The fourth-order valence-corrected chi connectivity index (χ4v) is 3.01. The van der Waals surface area contributed by atoms with Crippen molar-refractivity contribution in [2.45, 2.75) is 44.9 Å². The third kappa shape index (κ3) is 5.26. The van der Waals surface area contributed by atoms with Crippen molar-refractivity contribution in [3.05, 3.63) is 59.7 Å². The van der Waals surface area contributed by atoms with Crippen LogP contribution in [-0.4, -0.2) is 0 Å². The number of unbranched alkanes of at least 4 members (excludes halogenated alkanes) is 3. The molecular formula is C21H22N2O2. The van der Waals surface area contributed by atoms with Gasteiger partial charge in [0.15, 0.2) is 0 Å². The molecule has 0 aromatic heterocycles. The van der Waals surface area contributed by atoms with Crippen LogP contribution in [0.3, 0.4) is 0 Å². The Morgan fingerprint density at radius 3 is 2.28 bits per heavy atom. The summed E-state index contributed by atoms with van der Waals surface area (Å²) in [5.74, 6) is 1.26. The van der Waals surface area contributed by atoms with Gasteiger partial charge < -0.3 is 9.47 Å². The van der Waals surface area contributed by atoms with Crippen LogP contribution in [0.4, 0.5) is 0 Å². The minimum absolute atomic E-state index is 0.137. The topological polar surface area (TPSA) is 66.0 Å². The van der Waals surface area contributed by atoms with Crippen molar-refractivity contribution >= 4 is 0 Å². The summed E-state index contributed by atoms with van der Waals surface area (Å²) in [6, 6.07) is 15.2. The van der Waals surface area contributed by atoms with E-state index in [-0.39, 0.29) is 5.92 Å². The number of para-hydroxylation sites is 1. The molecule has 0 spiro atoms. The second-order valence-corrected chi connectivity index (χ2v) is 5.90. The lowest BCUT2D eigenvalue weighted by Gasteiger charge is -2.20. The van der Waals surface area contributed by atoms with Gasteiger partial charge in [0.1, 0.15) is 11.5 Å². The van der Waals surface area contributed by atoms with E-state index in [1.165, 1.54) is 19.3 Å². The Kier molecular flexibility index (Phi) is 7.35. The number of nitrogens with zero attached hydrogens (tertiary/aromatic N) is 2. The van der Waals surface area contributed by atoms with Crippen LogP contribution in [0.1, 0.15) is 56.1 Å². The summed E-state index contributed by atoms with van der Waals surface area (Å²) in [5, 5.41) is 17.5. The molecular weight excluding hydrogens is 312 g/mol. The molecule has 2 rings (SSSR count). The summed E-state index contributed by atoms with van der Waals surface area (Å²) in [6.45, 7) is 2.20. The Balaban J connectivity index is 2.30. The standard InChI is InChI=1S/C21H22N2O2/c1-2-3-4-5-8-19(17-11-13-18(14-12-17)24-15-22)20-9-6-7-10-21(20)25-16-23/h6-7,9-14,19H,2-5,8H2,1H3. The first-order valence-electron chi connectivity index (χ1n) is 8.61. The SMILES string of the molecule is CCCCCCC(c1ccc(OC#N)cc1)c1ccccc1OC#N. The van der Waals surface area contributed by atoms with E-state index in [0.717, 1.165) is 24.0 Å². The monoisotopic (exact) mass is 334 g/mol. The Labute approximate surface area is 149 Å². The molecule has 2 aromatic rings. The van der Waals surface area contributed by atoms with Crippen LogP contribution >= 0.6 is 0 Å². The van der Waals surface area contributed by atoms with E-state index in [0.29, 0.717) is 11.5 Å². The lowest BCUT2D eigenvalue weighted by molar-refractivity contribution is 0.490. The molecule has 0 saturated heterocycles. The molecule has 1 atom stereocenters. The largest absolute Gasteiger partial charge is 0.388 e. The third-order valence-electron chi connectivity index (χ3n) is 4.24. The van der Waals surface area contributed by atoms with Crippen LogP contribution in [0.25, 0.3) is 0 Å². The average molecular weight is 334 g/mol. The van der Waals surface area contributed by atoms with Crippen molar-refractivity contribution in [1.29, 1.82) is 10.5 Å². The number of nitriles is 2. The van der Waals surface area contributed by atoms with Gasteiger partial charge in [-0.05, 0) is 30.2 Å². The molecule has 25 heavy (non-hydrogen) atoms. The van der Waals surface area contributed by atoms with E-state index in [1.807, 2.05) is 36.4 Å².